The Morgan fingerprint density at radius 2 is 1.74 bits per heavy atom. The molecule has 0 fully saturated rings. The molecule has 0 bridgehead atoms. The number of ether oxygens (including phenoxy) is 4. The number of benzene rings is 3. The molecule has 1 aliphatic heterocycles. The Hall–Kier alpha value is -4.99. The molecule has 3 aromatic carbocycles. The lowest BCUT2D eigenvalue weighted by Gasteiger charge is -2.20. The highest BCUT2D eigenvalue weighted by molar-refractivity contribution is 5.97. The van der Waals surface area contributed by atoms with Crippen molar-refractivity contribution in [1.29, 1.82) is 0 Å². The molecule has 1 aliphatic rings. The smallest absolute Gasteiger partial charge is 0.344 e. The minimum absolute atomic E-state index is 0.214. The van der Waals surface area contributed by atoms with Gasteiger partial charge in [0, 0.05) is 5.69 Å². The van der Waals surface area contributed by atoms with Gasteiger partial charge >= 0.3 is 5.63 Å². The average molecular weight is 517 g/mol. The van der Waals surface area contributed by atoms with E-state index in [1.54, 1.807) is 73.8 Å². The standard InChI is InChI=1S/C28H24N2O8/c1-34-17-10-8-16(9-11-17)30-27(32)26-23(15-7-12-20(21(13-15)35-2)36-14-22(29)31)24-25(38-26)18-5-3-4-6-19(18)37-28(24)33/h3-13,23,26H,14H2,1-2H3,(H2,29,31)(H,30,32)/t23-,26-/m0/s1. The third-order valence-electron chi connectivity index (χ3n) is 6.19. The number of methoxy groups -OCH3 is 2. The summed E-state index contributed by atoms with van der Waals surface area (Å²) >= 11 is 0. The Balaban J connectivity index is 1.59. The number of nitrogens with two attached hydrogens (primary N) is 1. The third-order valence-corrected chi connectivity index (χ3v) is 6.19. The number of rotatable bonds is 8. The first-order valence-corrected chi connectivity index (χ1v) is 11.7. The SMILES string of the molecule is COc1ccc(NC(=O)[C@H]2Oc3c(c(=O)oc4ccccc34)[C@@H]2c2ccc(OCC(N)=O)c(OC)c2)cc1. The summed E-state index contributed by atoms with van der Waals surface area (Å²) in [4.78, 5) is 37.9. The lowest BCUT2D eigenvalue weighted by Crippen LogP contribution is -2.35. The third kappa shape index (κ3) is 4.59. The van der Waals surface area contributed by atoms with Crippen LogP contribution in [-0.2, 0) is 9.59 Å². The first kappa shape index (κ1) is 24.7. The van der Waals surface area contributed by atoms with Gasteiger partial charge in [0.25, 0.3) is 11.8 Å². The molecule has 2 atom stereocenters. The average Bonchev–Trinajstić information content (AvgIpc) is 3.34. The van der Waals surface area contributed by atoms with Crippen molar-refractivity contribution >= 4 is 28.5 Å². The summed E-state index contributed by atoms with van der Waals surface area (Å²) in [5, 5.41) is 3.42. The number of hydrogen-bond donors (Lipinski definition) is 2. The van der Waals surface area contributed by atoms with Crippen LogP contribution in [-0.4, -0.2) is 38.7 Å². The first-order valence-electron chi connectivity index (χ1n) is 11.7. The zero-order chi connectivity index (χ0) is 26.8. The first-order chi connectivity index (χ1) is 18.4. The molecular weight excluding hydrogens is 492 g/mol. The van der Waals surface area contributed by atoms with Crippen molar-refractivity contribution in [3.05, 3.63) is 88.3 Å². The normalized spacial score (nSPS) is 15.8. The number of nitrogens with one attached hydrogen (secondary N) is 1. The molecule has 0 saturated heterocycles. The molecule has 3 N–H and O–H groups in total. The molecule has 0 spiro atoms. The Morgan fingerprint density at radius 3 is 2.45 bits per heavy atom. The maximum absolute atomic E-state index is 13.6. The van der Waals surface area contributed by atoms with E-state index in [0.717, 1.165) is 0 Å². The van der Waals surface area contributed by atoms with E-state index >= 15 is 0 Å². The van der Waals surface area contributed by atoms with E-state index in [2.05, 4.69) is 5.32 Å². The molecule has 0 unspecified atom stereocenters. The highest BCUT2D eigenvalue weighted by atomic mass is 16.5. The lowest BCUT2D eigenvalue weighted by atomic mass is 9.88. The van der Waals surface area contributed by atoms with Gasteiger partial charge in [-0.2, -0.15) is 0 Å². The van der Waals surface area contributed by atoms with Crippen molar-refractivity contribution in [2.45, 2.75) is 12.0 Å². The number of hydrogen-bond acceptors (Lipinski definition) is 8. The van der Waals surface area contributed by atoms with Crippen LogP contribution in [0.15, 0.2) is 75.9 Å². The summed E-state index contributed by atoms with van der Waals surface area (Å²) < 4.78 is 27.8. The van der Waals surface area contributed by atoms with E-state index in [1.807, 2.05) is 0 Å². The number of carbonyl (C=O) groups excluding carboxylic acids is 2. The van der Waals surface area contributed by atoms with Gasteiger partial charge in [0.05, 0.1) is 31.1 Å². The lowest BCUT2D eigenvalue weighted by molar-refractivity contribution is -0.122. The Labute approximate surface area is 216 Å². The fourth-order valence-electron chi connectivity index (χ4n) is 4.46. The zero-order valence-corrected chi connectivity index (χ0v) is 20.6. The second-order valence-electron chi connectivity index (χ2n) is 8.53. The van der Waals surface area contributed by atoms with Gasteiger partial charge in [-0.1, -0.05) is 18.2 Å². The fourth-order valence-corrected chi connectivity index (χ4v) is 4.46. The van der Waals surface area contributed by atoms with Crippen LogP contribution < -0.4 is 35.6 Å². The number of anilines is 1. The largest absolute Gasteiger partial charge is 0.497 e. The molecule has 2 amide bonds. The van der Waals surface area contributed by atoms with Gasteiger partial charge in [0.15, 0.2) is 24.2 Å². The minimum atomic E-state index is -1.11. The minimum Gasteiger partial charge on any atom is -0.497 e. The molecule has 5 rings (SSSR count). The zero-order valence-electron chi connectivity index (χ0n) is 20.6. The molecule has 2 heterocycles. The molecular formula is C28H24N2O8. The molecule has 10 heteroatoms. The van der Waals surface area contributed by atoms with Gasteiger partial charge < -0.3 is 34.4 Å². The van der Waals surface area contributed by atoms with Crippen molar-refractivity contribution < 1.29 is 33.0 Å². The number of para-hydroxylation sites is 1. The maximum atomic E-state index is 13.6. The van der Waals surface area contributed by atoms with Crippen LogP contribution in [0.25, 0.3) is 11.0 Å². The predicted molar refractivity (Wildman–Crippen MR) is 138 cm³/mol. The van der Waals surface area contributed by atoms with Crippen molar-refractivity contribution in [1.82, 2.24) is 0 Å². The molecule has 194 valence electrons. The Bertz CT molecular complexity index is 1580. The predicted octanol–water partition coefficient (Wildman–Crippen LogP) is 3.21. The van der Waals surface area contributed by atoms with Crippen molar-refractivity contribution in [2.75, 3.05) is 26.1 Å². The fraction of sp³-hybridized carbons (Fsp3) is 0.179. The molecule has 0 radical (unpaired) electrons. The molecule has 1 aromatic heterocycles. The van der Waals surface area contributed by atoms with Crippen LogP contribution in [0.1, 0.15) is 17.0 Å². The summed E-state index contributed by atoms with van der Waals surface area (Å²) in [5.41, 5.74) is 6.21. The number of fused-ring (bicyclic) bond motifs is 3. The van der Waals surface area contributed by atoms with Gasteiger partial charge in [-0.3, -0.25) is 9.59 Å². The molecule has 38 heavy (non-hydrogen) atoms. The number of carbonyl (C=O) groups is 2. The second kappa shape index (κ2) is 10.2. The van der Waals surface area contributed by atoms with Crippen LogP contribution in [0.5, 0.6) is 23.0 Å². The molecule has 10 nitrogen and oxygen atoms in total. The second-order valence-corrected chi connectivity index (χ2v) is 8.53. The van der Waals surface area contributed by atoms with E-state index in [9.17, 15) is 14.4 Å². The maximum Gasteiger partial charge on any atom is 0.344 e. The summed E-state index contributed by atoms with van der Waals surface area (Å²) in [6.07, 6.45) is -1.11. The van der Waals surface area contributed by atoms with Gasteiger partial charge in [-0.15, -0.1) is 0 Å². The highest BCUT2D eigenvalue weighted by Gasteiger charge is 2.44. The number of primary amides is 1. The quantitative estimate of drug-likeness (QED) is 0.341. The van der Waals surface area contributed by atoms with E-state index in [0.29, 0.717) is 28.0 Å². The Morgan fingerprint density at radius 1 is 0.974 bits per heavy atom. The van der Waals surface area contributed by atoms with Crippen LogP contribution in [0.3, 0.4) is 0 Å². The van der Waals surface area contributed by atoms with Crippen molar-refractivity contribution in [2.24, 2.45) is 5.73 Å². The Kier molecular flexibility index (Phi) is 6.61. The highest BCUT2D eigenvalue weighted by Crippen LogP contribution is 2.46. The van der Waals surface area contributed by atoms with E-state index in [1.165, 1.54) is 7.11 Å². The summed E-state index contributed by atoms with van der Waals surface area (Å²) in [7, 11) is 2.99. The summed E-state index contributed by atoms with van der Waals surface area (Å²) in [6.45, 7) is -0.340. The van der Waals surface area contributed by atoms with Crippen LogP contribution >= 0.6 is 0 Å². The van der Waals surface area contributed by atoms with E-state index in [4.69, 9.17) is 29.1 Å². The monoisotopic (exact) mass is 516 g/mol. The van der Waals surface area contributed by atoms with Gasteiger partial charge in [-0.05, 0) is 54.1 Å². The summed E-state index contributed by atoms with van der Waals surface area (Å²) in [6, 6.07) is 18.7. The van der Waals surface area contributed by atoms with Crippen LogP contribution in [0.4, 0.5) is 5.69 Å². The topological polar surface area (TPSA) is 139 Å². The van der Waals surface area contributed by atoms with E-state index < -0.39 is 29.5 Å². The van der Waals surface area contributed by atoms with Crippen LogP contribution in [0.2, 0.25) is 0 Å². The molecule has 0 aliphatic carbocycles. The van der Waals surface area contributed by atoms with Crippen molar-refractivity contribution in [3.63, 3.8) is 0 Å². The number of amides is 2. The summed E-state index contributed by atoms with van der Waals surface area (Å²) in [5.74, 6) is -0.453. The van der Waals surface area contributed by atoms with E-state index in [-0.39, 0.29) is 29.4 Å². The van der Waals surface area contributed by atoms with Gasteiger partial charge in [-0.25, -0.2) is 4.79 Å². The van der Waals surface area contributed by atoms with Crippen molar-refractivity contribution in [3.8, 4) is 23.0 Å². The van der Waals surface area contributed by atoms with Gasteiger partial charge in [0.1, 0.15) is 17.1 Å². The van der Waals surface area contributed by atoms with Gasteiger partial charge in [0.2, 0.25) is 0 Å². The van der Waals surface area contributed by atoms with Crippen LogP contribution in [0, 0.1) is 0 Å². The molecule has 0 saturated carbocycles. The molecule has 4 aromatic rings.